The molecule has 2 aromatic rings. The number of aromatic nitrogens is 1. The Morgan fingerprint density at radius 3 is 2.70 bits per heavy atom. The maximum absolute atomic E-state index is 13.2. The van der Waals surface area contributed by atoms with Crippen molar-refractivity contribution in [2.24, 2.45) is 0 Å². The summed E-state index contributed by atoms with van der Waals surface area (Å²) >= 11 is 0. The van der Waals surface area contributed by atoms with Gasteiger partial charge in [0.1, 0.15) is 0 Å². The van der Waals surface area contributed by atoms with Crippen LogP contribution in [-0.4, -0.2) is 37.3 Å². The lowest BCUT2D eigenvalue weighted by Crippen LogP contribution is -2.48. The van der Waals surface area contributed by atoms with Crippen LogP contribution in [-0.2, 0) is 16.2 Å². The molecule has 1 saturated heterocycles. The highest BCUT2D eigenvalue weighted by molar-refractivity contribution is 7.89. The standard InChI is InChI=1S/C17H15F3N4O2S/c18-17(19,20)15-8-14(4-3-12(15)9-21)27(25,26)24-7-6-23-11-16(24)13-2-1-5-22-10-13/h1-5,8,10,16,23H,6-7,11H2. The molecule has 1 unspecified atom stereocenters. The average Bonchev–Trinajstić information content (AvgIpc) is 2.67. The third-order valence-corrected chi connectivity index (χ3v) is 6.19. The first-order valence-corrected chi connectivity index (χ1v) is 9.43. The smallest absolute Gasteiger partial charge is 0.313 e. The Bertz CT molecular complexity index is 972. The summed E-state index contributed by atoms with van der Waals surface area (Å²) in [5.74, 6) is 0. The summed E-state index contributed by atoms with van der Waals surface area (Å²) in [6, 6.07) is 6.68. The van der Waals surface area contributed by atoms with Gasteiger partial charge in [0.05, 0.1) is 28.1 Å². The van der Waals surface area contributed by atoms with E-state index >= 15 is 0 Å². The SMILES string of the molecule is N#Cc1ccc(S(=O)(=O)N2CCNCC2c2cccnc2)cc1C(F)(F)F. The molecule has 1 atom stereocenters. The number of pyridine rings is 1. The summed E-state index contributed by atoms with van der Waals surface area (Å²) in [7, 11) is -4.21. The van der Waals surface area contributed by atoms with Crippen LogP contribution in [0.2, 0.25) is 0 Å². The number of piperazine rings is 1. The second kappa shape index (κ2) is 7.26. The minimum Gasteiger partial charge on any atom is -0.313 e. The van der Waals surface area contributed by atoms with E-state index < -0.39 is 38.3 Å². The van der Waals surface area contributed by atoms with Crippen LogP contribution in [0.5, 0.6) is 0 Å². The molecule has 0 bridgehead atoms. The number of hydrogen-bond donors (Lipinski definition) is 1. The summed E-state index contributed by atoms with van der Waals surface area (Å²) < 4.78 is 67.0. The van der Waals surface area contributed by atoms with Crippen LogP contribution in [0.25, 0.3) is 0 Å². The van der Waals surface area contributed by atoms with Gasteiger partial charge in [-0.25, -0.2) is 8.42 Å². The number of hydrogen-bond acceptors (Lipinski definition) is 5. The zero-order valence-electron chi connectivity index (χ0n) is 13.9. The Morgan fingerprint density at radius 2 is 2.07 bits per heavy atom. The molecule has 0 radical (unpaired) electrons. The maximum Gasteiger partial charge on any atom is 0.417 e. The molecule has 1 aliphatic heterocycles. The molecule has 0 spiro atoms. The van der Waals surface area contributed by atoms with E-state index in [-0.39, 0.29) is 6.54 Å². The van der Waals surface area contributed by atoms with Gasteiger partial charge in [0.25, 0.3) is 0 Å². The van der Waals surface area contributed by atoms with Gasteiger partial charge in [0.15, 0.2) is 0 Å². The molecule has 1 aromatic heterocycles. The Hall–Kier alpha value is -2.48. The normalized spacial score (nSPS) is 18.8. The van der Waals surface area contributed by atoms with Gasteiger partial charge < -0.3 is 5.32 Å². The van der Waals surface area contributed by atoms with Gasteiger partial charge in [-0.05, 0) is 29.8 Å². The van der Waals surface area contributed by atoms with Gasteiger partial charge in [-0.2, -0.15) is 22.7 Å². The van der Waals surface area contributed by atoms with Crippen molar-refractivity contribution >= 4 is 10.0 Å². The molecular weight excluding hydrogens is 381 g/mol. The first-order chi connectivity index (χ1) is 12.7. The highest BCUT2D eigenvalue weighted by atomic mass is 32.2. The fraction of sp³-hybridized carbons (Fsp3) is 0.294. The number of alkyl halides is 3. The van der Waals surface area contributed by atoms with Crippen molar-refractivity contribution < 1.29 is 21.6 Å². The van der Waals surface area contributed by atoms with Gasteiger partial charge in [-0.1, -0.05) is 6.07 Å². The molecule has 1 N–H and O–H groups in total. The number of halogens is 3. The van der Waals surface area contributed by atoms with E-state index in [0.29, 0.717) is 24.7 Å². The van der Waals surface area contributed by atoms with Crippen LogP contribution in [0, 0.1) is 11.3 Å². The van der Waals surface area contributed by atoms with Gasteiger partial charge >= 0.3 is 6.18 Å². The number of nitriles is 1. The Kier molecular flexibility index (Phi) is 5.19. The second-order valence-corrected chi connectivity index (χ2v) is 7.83. The molecule has 27 heavy (non-hydrogen) atoms. The van der Waals surface area contributed by atoms with Crippen molar-refractivity contribution in [2.75, 3.05) is 19.6 Å². The fourth-order valence-electron chi connectivity index (χ4n) is 2.98. The Morgan fingerprint density at radius 1 is 1.30 bits per heavy atom. The zero-order valence-corrected chi connectivity index (χ0v) is 14.8. The predicted molar refractivity (Wildman–Crippen MR) is 89.9 cm³/mol. The van der Waals surface area contributed by atoms with E-state index in [0.717, 1.165) is 12.1 Å². The molecule has 10 heteroatoms. The minimum atomic E-state index is -4.83. The lowest BCUT2D eigenvalue weighted by atomic mass is 10.1. The van der Waals surface area contributed by atoms with E-state index in [1.54, 1.807) is 18.3 Å². The van der Waals surface area contributed by atoms with E-state index in [9.17, 15) is 21.6 Å². The zero-order chi connectivity index (χ0) is 19.7. The van der Waals surface area contributed by atoms with Crippen molar-refractivity contribution in [3.8, 4) is 6.07 Å². The molecule has 0 amide bonds. The third-order valence-electron chi connectivity index (χ3n) is 4.29. The molecule has 1 fully saturated rings. The highest BCUT2D eigenvalue weighted by Gasteiger charge is 2.38. The van der Waals surface area contributed by atoms with E-state index in [1.165, 1.54) is 16.6 Å². The second-order valence-electron chi connectivity index (χ2n) is 5.94. The van der Waals surface area contributed by atoms with Crippen molar-refractivity contribution in [3.05, 3.63) is 59.4 Å². The molecule has 6 nitrogen and oxygen atoms in total. The highest BCUT2D eigenvalue weighted by Crippen LogP contribution is 2.35. The summed E-state index contributed by atoms with van der Waals surface area (Å²) in [5, 5.41) is 12.0. The Labute approximate surface area is 154 Å². The van der Waals surface area contributed by atoms with Crippen LogP contribution < -0.4 is 5.32 Å². The molecule has 2 heterocycles. The van der Waals surface area contributed by atoms with Crippen LogP contribution in [0.15, 0.2) is 47.6 Å². The maximum atomic E-state index is 13.2. The van der Waals surface area contributed by atoms with Crippen LogP contribution in [0.3, 0.4) is 0 Å². The number of nitrogens with one attached hydrogen (secondary N) is 1. The number of nitrogens with zero attached hydrogens (tertiary/aromatic N) is 3. The van der Waals surface area contributed by atoms with E-state index in [2.05, 4.69) is 10.3 Å². The first kappa shape index (κ1) is 19.3. The molecule has 3 rings (SSSR count). The summed E-state index contributed by atoms with van der Waals surface area (Å²) in [6.07, 6.45) is -1.75. The quantitative estimate of drug-likeness (QED) is 0.861. The topological polar surface area (TPSA) is 86.1 Å². The minimum absolute atomic E-state index is 0.100. The number of benzene rings is 1. The average molecular weight is 396 g/mol. The molecular formula is C17H15F3N4O2S. The Balaban J connectivity index is 2.06. The van der Waals surface area contributed by atoms with Crippen LogP contribution in [0.1, 0.15) is 22.7 Å². The lowest BCUT2D eigenvalue weighted by Gasteiger charge is -2.35. The van der Waals surface area contributed by atoms with Gasteiger partial charge in [0, 0.05) is 32.0 Å². The van der Waals surface area contributed by atoms with Gasteiger partial charge in [0.2, 0.25) is 10.0 Å². The molecule has 0 aliphatic carbocycles. The van der Waals surface area contributed by atoms with Crippen molar-refractivity contribution in [1.29, 1.82) is 5.26 Å². The monoisotopic (exact) mass is 396 g/mol. The van der Waals surface area contributed by atoms with Gasteiger partial charge in [-0.3, -0.25) is 4.98 Å². The van der Waals surface area contributed by atoms with Crippen molar-refractivity contribution in [2.45, 2.75) is 17.1 Å². The summed E-state index contributed by atoms with van der Waals surface area (Å²) in [6.45, 7) is 0.787. The van der Waals surface area contributed by atoms with Crippen LogP contribution in [0.4, 0.5) is 13.2 Å². The van der Waals surface area contributed by atoms with E-state index in [4.69, 9.17) is 5.26 Å². The molecule has 142 valence electrons. The first-order valence-electron chi connectivity index (χ1n) is 7.99. The number of rotatable bonds is 3. The van der Waals surface area contributed by atoms with Crippen molar-refractivity contribution in [1.82, 2.24) is 14.6 Å². The molecule has 1 aliphatic rings. The lowest BCUT2D eigenvalue weighted by molar-refractivity contribution is -0.137. The largest absolute Gasteiger partial charge is 0.417 e. The summed E-state index contributed by atoms with van der Waals surface area (Å²) in [5.41, 5.74) is -1.25. The third kappa shape index (κ3) is 3.80. The van der Waals surface area contributed by atoms with E-state index in [1.807, 2.05) is 0 Å². The summed E-state index contributed by atoms with van der Waals surface area (Å²) in [4.78, 5) is 3.49. The number of sulfonamides is 1. The van der Waals surface area contributed by atoms with Gasteiger partial charge in [-0.15, -0.1) is 0 Å². The fourth-order valence-corrected chi connectivity index (χ4v) is 4.62. The molecule has 1 aromatic carbocycles. The van der Waals surface area contributed by atoms with Crippen LogP contribution >= 0.6 is 0 Å². The molecule has 0 saturated carbocycles. The predicted octanol–water partition coefficient (Wildman–Crippen LogP) is 2.31. The van der Waals surface area contributed by atoms with Crippen molar-refractivity contribution in [3.63, 3.8) is 0 Å².